The SMILES string of the molecule is COCCNCC(=O)Cc1nc(C)c(C)s1. The van der Waals surface area contributed by atoms with E-state index in [1.54, 1.807) is 18.4 Å². The van der Waals surface area contributed by atoms with Crippen LogP contribution >= 0.6 is 11.3 Å². The molecular weight excluding hydrogens is 224 g/mol. The number of methoxy groups -OCH3 is 1. The third-order valence-corrected chi connectivity index (χ3v) is 3.30. The van der Waals surface area contributed by atoms with E-state index in [0.29, 0.717) is 26.1 Å². The van der Waals surface area contributed by atoms with Crippen molar-refractivity contribution in [3.05, 3.63) is 15.6 Å². The number of thiazole rings is 1. The van der Waals surface area contributed by atoms with Crippen LogP contribution in [0, 0.1) is 13.8 Å². The Morgan fingerprint density at radius 2 is 2.25 bits per heavy atom. The Morgan fingerprint density at radius 1 is 1.50 bits per heavy atom. The molecule has 0 bridgehead atoms. The first-order valence-electron chi connectivity index (χ1n) is 5.27. The first-order chi connectivity index (χ1) is 7.63. The highest BCUT2D eigenvalue weighted by Gasteiger charge is 2.08. The molecule has 16 heavy (non-hydrogen) atoms. The first kappa shape index (κ1) is 13.3. The molecule has 0 atom stereocenters. The third-order valence-electron chi connectivity index (χ3n) is 2.23. The average Bonchev–Trinajstić information content (AvgIpc) is 2.53. The number of hydrogen-bond donors (Lipinski definition) is 1. The number of ether oxygens (including phenoxy) is 1. The van der Waals surface area contributed by atoms with Crippen LogP contribution in [0.25, 0.3) is 0 Å². The van der Waals surface area contributed by atoms with Crippen molar-refractivity contribution in [3.8, 4) is 0 Å². The number of Topliss-reactive ketones (excluding diaryl/α,β-unsaturated/α-hetero) is 1. The quantitative estimate of drug-likeness (QED) is 0.728. The number of aromatic nitrogens is 1. The van der Waals surface area contributed by atoms with Crippen molar-refractivity contribution in [2.75, 3.05) is 26.8 Å². The Bertz CT molecular complexity index is 330. The fourth-order valence-electron chi connectivity index (χ4n) is 1.25. The van der Waals surface area contributed by atoms with Crippen LogP contribution in [-0.4, -0.2) is 37.6 Å². The summed E-state index contributed by atoms with van der Waals surface area (Å²) in [6, 6.07) is 0. The smallest absolute Gasteiger partial charge is 0.153 e. The zero-order valence-corrected chi connectivity index (χ0v) is 10.8. The molecule has 0 spiro atoms. The Hall–Kier alpha value is -0.780. The first-order valence-corrected chi connectivity index (χ1v) is 6.09. The van der Waals surface area contributed by atoms with Crippen molar-refractivity contribution in [2.24, 2.45) is 0 Å². The molecule has 0 aliphatic rings. The fourth-order valence-corrected chi connectivity index (χ4v) is 2.21. The van der Waals surface area contributed by atoms with Gasteiger partial charge < -0.3 is 10.1 Å². The Balaban J connectivity index is 2.28. The van der Waals surface area contributed by atoms with Crippen LogP contribution in [0.3, 0.4) is 0 Å². The maximum atomic E-state index is 11.6. The molecule has 1 aromatic heterocycles. The van der Waals surface area contributed by atoms with E-state index in [1.165, 1.54) is 4.88 Å². The van der Waals surface area contributed by atoms with Gasteiger partial charge in [-0.15, -0.1) is 11.3 Å². The van der Waals surface area contributed by atoms with Crippen LogP contribution in [0.5, 0.6) is 0 Å². The Labute approximate surface area is 100 Å². The van der Waals surface area contributed by atoms with Crippen molar-refractivity contribution in [3.63, 3.8) is 0 Å². The van der Waals surface area contributed by atoms with Crippen LogP contribution in [0.1, 0.15) is 15.6 Å². The standard InChI is InChI=1S/C11H18N2O2S/c1-8-9(2)16-11(13-8)6-10(14)7-12-4-5-15-3/h12H,4-7H2,1-3H3. The molecule has 0 aliphatic heterocycles. The maximum absolute atomic E-state index is 11.6. The molecule has 0 unspecified atom stereocenters. The topological polar surface area (TPSA) is 51.2 Å². The number of nitrogens with one attached hydrogen (secondary N) is 1. The lowest BCUT2D eigenvalue weighted by atomic mass is 10.3. The van der Waals surface area contributed by atoms with Gasteiger partial charge in [-0.05, 0) is 13.8 Å². The van der Waals surface area contributed by atoms with Gasteiger partial charge in [0.25, 0.3) is 0 Å². The van der Waals surface area contributed by atoms with Crippen molar-refractivity contribution in [1.82, 2.24) is 10.3 Å². The predicted molar refractivity (Wildman–Crippen MR) is 65.0 cm³/mol. The molecule has 90 valence electrons. The molecule has 0 amide bonds. The van der Waals surface area contributed by atoms with Crippen molar-refractivity contribution in [2.45, 2.75) is 20.3 Å². The minimum atomic E-state index is 0.171. The molecule has 0 radical (unpaired) electrons. The largest absolute Gasteiger partial charge is 0.383 e. The molecule has 4 nitrogen and oxygen atoms in total. The number of rotatable bonds is 7. The number of ketones is 1. The van der Waals surface area contributed by atoms with Gasteiger partial charge in [-0.3, -0.25) is 4.79 Å². The second-order valence-electron chi connectivity index (χ2n) is 3.63. The molecule has 1 aromatic rings. The number of hydrogen-bond acceptors (Lipinski definition) is 5. The zero-order chi connectivity index (χ0) is 12.0. The summed E-state index contributed by atoms with van der Waals surface area (Å²) in [7, 11) is 1.64. The van der Waals surface area contributed by atoms with E-state index in [1.807, 2.05) is 13.8 Å². The molecule has 1 rings (SSSR count). The van der Waals surface area contributed by atoms with E-state index >= 15 is 0 Å². The monoisotopic (exact) mass is 242 g/mol. The molecule has 1 heterocycles. The van der Waals surface area contributed by atoms with Crippen LogP contribution in [0.15, 0.2) is 0 Å². The highest BCUT2D eigenvalue weighted by molar-refractivity contribution is 7.11. The Morgan fingerprint density at radius 3 is 2.81 bits per heavy atom. The lowest BCUT2D eigenvalue weighted by Crippen LogP contribution is -2.27. The van der Waals surface area contributed by atoms with Gasteiger partial charge in [-0.1, -0.05) is 0 Å². The zero-order valence-electron chi connectivity index (χ0n) is 10.0. The summed E-state index contributed by atoms with van der Waals surface area (Å²) < 4.78 is 4.88. The van der Waals surface area contributed by atoms with Crippen molar-refractivity contribution in [1.29, 1.82) is 0 Å². The summed E-state index contributed by atoms with van der Waals surface area (Å²) in [5.41, 5.74) is 1.03. The molecule has 0 aromatic carbocycles. The number of aryl methyl sites for hydroxylation is 2. The molecule has 0 saturated heterocycles. The third kappa shape index (κ3) is 4.38. The lowest BCUT2D eigenvalue weighted by molar-refractivity contribution is -0.117. The van der Waals surface area contributed by atoms with E-state index in [9.17, 15) is 4.79 Å². The summed E-state index contributed by atoms with van der Waals surface area (Å²) in [6.45, 7) is 5.72. The molecule has 0 saturated carbocycles. The van der Waals surface area contributed by atoms with Gasteiger partial charge >= 0.3 is 0 Å². The maximum Gasteiger partial charge on any atom is 0.153 e. The summed E-state index contributed by atoms with van der Waals surface area (Å²) in [5.74, 6) is 0.171. The van der Waals surface area contributed by atoms with Gasteiger partial charge in [0.15, 0.2) is 5.78 Å². The molecule has 0 aliphatic carbocycles. The van der Waals surface area contributed by atoms with Crippen LogP contribution in [0.2, 0.25) is 0 Å². The lowest BCUT2D eigenvalue weighted by Gasteiger charge is -2.01. The fraction of sp³-hybridized carbons (Fsp3) is 0.636. The number of nitrogens with zero attached hydrogens (tertiary/aromatic N) is 1. The summed E-state index contributed by atoms with van der Waals surface area (Å²) >= 11 is 1.60. The Kier molecular flexibility index (Phi) is 5.59. The number of carbonyl (C=O) groups is 1. The highest BCUT2D eigenvalue weighted by Crippen LogP contribution is 2.16. The van der Waals surface area contributed by atoms with Gasteiger partial charge in [0.05, 0.1) is 25.3 Å². The van der Waals surface area contributed by atoms with E-state index in [0.717, 1.165) is 10.7 Å². The molecular formula is C11H18N2O2S. The second kappa shape index (κ2) is 6.73. The molecule has 0 fully saturated rings. The normalized spacial score (nSPS) is 10.7. The summed E-state index contributed by atoms with van der Waals surface area (Å²) in [4.78, 5) is 17.1. The van der Waals surface area contributed by atoms with Crippen LogP contribution in [0.4, 0.5) is 0 Å². The summed E-state index contributed by atoms with van der Waals surface area (Å²) in [5, 5.41) is 3.94. The van der Waals surface area contributed by atoms with Crippen molar-refractivity contribution < 1.29 is 9.53 Å². The van der Waals surface area contributed by atoms with E-state index < -0.39 is 0 Å². The molecule has 1 N–H and O–H groups in total. The van der Waals surface area contributed by atoms with E-state index in [-0.39, 0.29) is 5.78 Å². The minimum Gasteiger partial charge on any atom is -0.383 e. The van der Waals surface area contributed by atoms with E-state index in [4.69, 9.17) is 4.74 Å². The highest BCUT2D eigenvalue weighted by atomic mass is 32.1. The van der Waals surface area contributed by atoms with Crippen LogP contribution < -0.4 is 5.32 Å². The van der Waals surface area contributed by atoms with E-state index in [2.05, 4.69) is 10.3 Å². The predicted octanol–water partition coefficient (Wildman–Crippen LogP) is 1.11. The van der Waals surface area contributed by atoms with Gasteiger partial charge in [-0.25, -0.2) is 4.98 Å². The minimum absolute atomic E-state index is 0.171. The van der Waals surface area contributed by atoms with Gasteiger partial charge in [0.2, 0.25) is 0 Å². The molecule has 5 heteroatoms. The van der Waals surface area contributed by atoms with Crippen LogP contribution in [-0.2, 0) is 16.0 Å². The summed E-state index contributed by atoms with van der Waals surface area (Å²) in [6.07, 6.45) is 0.430. The van der Waals surface area contributed by atoms with Gasteiger partial charge in [0.1, 0.15) is 5.01 Å². The average molecular weight is 242 g/mol. The van der Waals surface area contributed by atoms with Crippen molar-refractivity contribution >= 4 is 17.1 Å². The van der Waals surface area contributed by atoms with Gasteiger partial charge in [-0.2, -0.15) is 0 Å². The van der Waals surface area contributed by atoms with Gasteiger partial charge in [0, 0.05) is 18.5 Å². The second-order valence-corrected chi connectivity index (χ2v) is 4.92. The number of carbonyl (C=O) groups excluding carboxylic acids is 1.